The van der Waals surface area contributed by atoms with Crippen molar-refractivity contribution in [3.8, 4) is 5.75 Å². The van der Waals surface area contributed by atoms with Gasteiger partial charge in [0.25, 0.3) is 0 Å². The Morgan fingerprint density at radius 3 is 2.95 bits per heavy atom. The van der Waals surface area contributed by atoms with Crippen molar-refractivity contribution in [2.45, 2.75) is 25.7 Å². The minimum absolute atomic E-state index is 0.0505. The van der Waals surface area contributed by atoms with Crippen molar-refractivity contribution >= 4 is 5.69 Å². The lowest BCUT2D eigenvalue weighted by atomic mass is 10.1. The standard InChI is InChI=1S/C14H22N2O3/c1-10-6-16(8-13(9-17)19-10)7-11-5-12(15)3-4-14(11)18-2/h3-5,10,13,17H,6-9,15H2,1-2H3. The first kappa shape index (κ1) is 14.1. The number of methoxy groups -OCH3 is 1. The highest BCUT2D eigenvalue weighted by atomic mass is 16.5. The van der Waals surface area contributed by atoms with Gasteiger partial charge in [0, 0.05) is 30.9 Å². The lowest BCUT2D eigenvalue weighted by molar-refractivity contribution is -0.0973. The molecule has 0 aliphatic carbocycles. The van der Waals surface area contributed by atoms with E-state index >= 15 is 0 Å². The van der Waals surface area contributed by atoms with Gasteiger partial charge in [-0.1, -0.05) is 0 Å². The van der Waals surface area contributed by atoms with Crippen molar-refractivity contribution in [2.75, 3.05) is 32.5 Å². The summed E-state index contributed by atoms with van der Waals surface area (Å²) in [6.45, 7) is 4.38. The van der Waals surface area contributed by atoms with Crippen LogP contribution in [0.25, 0.3) is 0 Å². The number of nitrogens with two attached hydrogens (primary N) is 1. The number of rotatable bonds is 4. The summed E-state index contributed by atoms with van der Waals surface area (Å²) < 4.78 is 11.0. The van der Waals surface area contributed by atoms with Gasteiger partial charge in [0.15, 0.2) is 0 Å². The van der Waals surface area contributed by atoms with E-state index in [9.17, 15) is 5.11 Å². The molecule has 0 aromatic heterocycles. The van der Waals surface area contributed by atoms with E-state index in [0.29, 0.717) is 0 Å². The summed E-state index contributed by atoms with van der Waals surface area (Å²) in [6, 6.07) is 5.66. The van der Waals surface area contributed by atoms with Crippen molar-refractivity contribution in [1.29, 1.82) is 0 Å². The summed E-state index contributed by atoms with van der Waals surface area (Å²) in [7, 11) is 1.66. The van der Waals surface area contributed by atoms with Crippen LogP contribution >= 0.6 is 0 Å². The molecule has 0 amide bonds. The Morgan fingerprint density at radius 1 is 1.47 bits per heavy atom. The van der Waals surface area contributed by atoms with E-state index in [2.05, 4.69) is 4.90 Å². The van der Waals surface area contributed by atoms with Crippen LogP contribution in [-0.4, -0.2) is 49.0 Å². The van der Waals surface area contributed by atoms with E-state index in [4.69, 9.17) is 15.2 Å². The largest absolute Gasteiger partial charge is 0.496 e. The smallest absolute Gasteiger partial charge is 0.123 e. The van der Waals surface area contributed by atoms with Crippen molar-refractivity contribution in [3.63, 3.8) is 0 Å². The molecule has 1 fully saturated rings. The van der Waals surface area contributed by atoms with Gasteiger partial charge in [0.2, 0.25) is 0 Å². The fraction of sp³-hybridized carbons (Fsp3) is 0.571. The topological polar surface area (TPSA) is 68.0 Å². The molecular formula is C14H22N2O3. The minimum atomic E-state index is -0.115. The lowest BCUT2D eigenvalue weighted by Gasteiger charge is -2.36. The molecule has 1 heterocycles. The predicted molar refractivity (Wildman–Crippen MR) is 74.1 cm³/mol. The van der Waals surface area contributed by atoms with Gasteiger partial charge in [0.1, 0.15) is 5.75 Å². The van der Waals surface area contributed by atoms with Gasteiger partial charge in [-0.05, 0) is 25.1 Å². The van der Waals surface area contributed by atoms with E-state index < -0.39 is 0 Å². The average molecular weight is 266 g/mol. The van der Waals surface area contributed by atoms with Gasteiger partial charge in [-0.3, -0.25) is 4.90 Å². The van der Waals surface area contributed by atoms with Crippen molar-refractivity contribution in [3.05, 3.63) is 23.8 Å². The number of nitrogen functional groups attached to an aromatic ring is 1. The summed E-state index contributed by atoms with van der Waals surface area (Å²) in [4.78, 5) is 2.26. The van der Waals surface area contributed by atoms with Crippen molar-refractivity contribution < 1.29 is 14.6 Å². The summed E-state index contributed by atoms with van der Waals surface area (Å²) in [5, 5.41) is 9.24. The Kier molecular flexibility index (Phi) is 4.63. The van der Waals surface area contributed by atoms with Crippen LogP contribution in [0.4, 0.5) is 5.69 Å². The maximum absolute atomic E-state index is 9.24. The van der Waals surface area contributed by atoms with Gasteiger partial charge in [-0.25, -0.2) is 0 Å². The van der Waals surface area contributed by atoms with E-state index in [1.165, 1.54) is 0 Å². The Hall–Kier alpha value is -1.30. The molecule has 1 aliphatic heterocycles. The SMILES string of the molecule is COc1ccc(N)cc1CN1CC(C)OC(CO)C1. The Morgan fingerprint density at radius 2 is 2.26 bits per heavy atom. The van der Waals surface area contributed by atoms with Crippen LogP contribution in [0.2, 0.25) is 0 Å². The van der Waals surface area contributed by atoms with Crippen LogP contribution < -0.4 is 10.5 Å². The fourth-order valence-corrected chi connectivity index (χ4v) is 2.53. The molecule has 0 spiro atoms. The lowest BCUT2D eigenvalue weighted by Crippen LogP contribution is -2.47. The molecule has 0 bridgehead atoms. The number of morpholine rings is 1. The molecule has 1 aromatic carbocycles. The Balaban J connectivity index is 2.09. The molecule has 2 rings (SSSR count). The molecule has 106 valence electrons. The number of hydrogen-bond donors (Lipinski definition) is 2. The van der Waals surface area contributed by atoms with Crippen LogP contribution in [-0.2, 0) is 11.3 Å². The summed E-state index contributed by atoms with van der Waals surface area (Å²) in [6.07, 6.45) is 0.00811. The molecule has 5 heteroatoms. The number of benzene rings is 1. The number of anilines is 1. The van der Waals surface area contributed by atoms with Gasteiger partial charge in [-0.2, -0.15) is 0 Å². The quantitative estimate of drug-likeness (QED) is 0.791. The number of hydrogen-bond acceptors (Lipinski definition) is 5. The molecule has 19 heavy (non-hydrogen) atoms. The Labute approximate surface area is 113 Å². The summed E-state index contributed by atoms with van der Waals surface area (Å²) in [5.41, 5.74) is 7.62. The van der Waals surface area contributed by atoms with Crippen molar-refractivity contribution in [2.24, 2.45) is 0 Å². The molecule has 1 aromatic rings. The molecule has 1 saturated heterocycles. The van der Waals surface area contributed by atoms with Crippen LogP contribution in [0, 0.1) is 0 Å². The second-order valence-corrected chi connectivity index (χ2v) is 5.02. The summed E-state index contributed by atoms with van der Waals surface area (Å²) >= 11 is 0. The summed E-state index contributed by atoms with van der Waals surface area (Å²) in [5.74, 6) is 0.842. The van der Waals surface area contributed by atoms with Gasteiger partial charge in [0.05, 0.1) is 25.9 Å². The molecule has 2 unspecified atom stereocenters. The van der Waals surface area contributed by atoms with E-state index in [1.54, 1.807) is 7.11 Å². The first-order valence-corrected chi connectivity index (χ1v) is 6.53. The van der Waals surface area contributed by atoms with E-state index in [-0.39, 0.29) is 18.8 Å². The number of ether oxygens (including phenoxy) is 2. The zero-order chi connectivity index (χ0) is 13.8. The molecule has 3 N–H and O–H groups in total. The monoisotopic (exact) mass is 266 g/mol. The highest BCUT2D eigenvalue weighted by molar-refractivity contribution is 5.47. The van der Waals surface area contributed by atoms with Crippen LogP contribution in [0.15, 0.2) is 18.2 Å². The molecule has 1 aliphatic rings. The normalized spacial score (nSPS) is 24.4. The average Bonchev–Trinajstić information content (AvgIpc) is 2.38. The third-order valence-corrected chi connectivity index (χ3v) is 3.30. The van der Waals surface area contributed by atoms with Crippen LogP contribution in [0.5, 0.6) is 5.75 Å². The number of aliphatic hydroxyl groups is 1. The fourth-order valence-electron chi connectivity index (χ4n) is 2.53. The Bertz CT molecular complexity index is 425. The molecule has 2 atom stereocenters. The first-order valence-electron chi connectivity index (χ1n) is 6.53. The predicted octanol–water partition coefficient (Wildman–Crippen LogP) is 0.859. The molecular weight excluding hydrogens is 244 g/mol. The number of nitrogens with zero attached hydrogens (tertiary/aromatic N) is 1. The zero-order valence-corrected chi connectivity index (χ0v) is 11.5. The van der Waals surface area contributed by atoms with Crippen LogP contribution in [0.3, 0.4) is 0 Å². The molecule has 0 saturated carbocycles. The van der Waals surface area contributed by atoms with Gasteiger partial charge < -0.3 is 20.3 Å². The highest BCUT2D eigenvalue weighted by Gasteiger charge is 2.25. The van der Waals surface area contributed by atoms with Crippen LogP contribution in [0.1, 0.15) is 12.5 Å². The second kappa shape index (κ2) is 6.23. The first-order chi connectivity index (χ1) is 9.12. The molecule has 0 radical (unpaired) electrons. The third-order valence-electron chi connectivity index (χ3n) is 3.30. The van der Waals surface area contributed by atoms with E-state index in [1.807, 2.05) is 25.1 Å². The zero-order valence-electron chi connectivity index (χ0n) is 11.5. The number of aliphatic hydroxyl groups excluding tert-OH is 1. The third kappa shape index (κ3) is 3.59. The maximum atomic E-state index is 9.24. The maximum Gasteiger partial charge on any atom is 0.123 e. The molecule has 5 nitrogen and oxygen atoms in total. The highest BCUT2D eigenvalue weighted by Crippen LogP contribution is 2.24. The minimum Gasteiger partial charge on any atom is -0.496 e. The van der Waals surface area contributed by atoms with E-state index in [0.717, 1.165) is 36.6 Å². The van der Waals surface area contributed by atoms with Gasteiger partial charge in [-0.15, -0.1) is 0 Å². The van der Waals surface area contributed by atoms with Gasteiger partial charge >= 0.3 is 0 Å². The second-order valence-electron chi connectivity index (χ2n) is 5.02. The van der Waals surface area contributed by atoms with Crippen molar-refractivity contribution in [1.82, 2.24) is 4.90 Å².